The van der Waals surface area contributed by atoms with E-state index in [0.717, 1.165) is 19.3 Å². The lowest BCUT2D eigenvalue weighted by molar-refractivity contribution is -0.0457. The molecule has 2 saturated heterocycles. The molecule has 0 spiro atoms. The zero-order valence-corrected chi connectivity index (χ0v) is 8.50. The molecule has 0 aliphatic carbocycles. The maximum Gasteiger partial charge on any atom is 0.0991 e. The fraction of sp³-hybridized carbons (Fsp3) is 1.00. The van der Waals surface area contributed by atoms with Crippen LogP contribution in [0.4, 0.5) is 0 Å². The van der Waals surface area contributed by atoms with Crippen LogP contribution >= 0.6 is 0 Å². The molecule has 0 amide bonds. The van der Waals surface area contributed by atoms with Crippen LogP contribution in [-0.2, 0) is 0 Å². The van der Waals surface area contributed by atoms with Gasteiger partial charge in [0.25, 0.3) is 0 Å². The first-order valence-corrected chi connectivity index (χ1v) is 5.45. The molecule has 5 atom stereocenters. The minimum atomic E-state index is -0.778. The van der Waals surface area contributed by atoms with Crippen molar-refractivity contribution >= 4 is 0 Å². The quantitative estimate of drug-likeness (QED) is 0.526. The standard InChI is InChI=1S/C10H19NO3/c1-2-6-3-4-7(12)9-10(14)8(13)5-11(6)9/h6-10,12-14H,2-5H2,1H3/t6?,7?,8-,9-,10?/m0/s1. The number of rotatable bonds is 1. The third-order valence-electron chi connectivity index (χ3n) is 3.66. The van der Waals surface area contributed by atoms with Crippen LogP contribution in [0.1, 0.15) is 26.2 Å². The van der Waals surface area contributed by atoms with E-state index < -0.39 is 18.3 Å². The molecule has 2 fully saturated rings. The molecule has 3 N–H and O–H groups in total. The Balaban J connectivity index is 2.15. The van der Waals surface area contributed by atoms with Crippen LogP contribution < -0.4 is 0 Å². The highest BCUT2D eigenvalue weighted by Gasteiger charge is 2.48. The Morgan fingerprint density at radius 3 is 2.50 bits per heavy atom. The highest BCUT2D eigenvalue weighted by atomic mass is 16.3. The number of aliphatic hydroxyl groups excluding tert-OH is 3. The lowest BCUT2D eigenvalue weighted by Gasteiger charge is -2.40. The first-order valence-electron chi connectivity index (χ1n) is 5.45. The van der Waals surface area contributed by atoms with Gasteiger partial charge in [-0.25, -0.2) is 0 Å². The van der Waals surface area contributed by atoms with Crippen LogP contribution in [0.25, 0.3) is 0 Å². The average Bonchev–Trinajstić information content (AvgIpc) is 2.45. The van der Waals surface area contributed by atoms with Crippen LogP contribution in [0.5, 0.6) is 0 Å². The molecular formula is C10H19NO3. The first kappa shape index (κ1) is 10.4. The van der Waals surface area contributed by atoms with Crippen molar-refractivity contribution in [3.05, 3.63) is 0 Å². The number of aliphatic hydroxyl groups is 3. The Morgan fingerprint density at radius 1 is 1.14 bits per heavy atom. The van der Waals surface area contributed by atoms with Crippen molar-refractivity contribution in [1.82, 2.24) is 4.90 Å². The van der Waals surface area contributed by atoms with E-state index >= 15 is 0 Å². The Kier molecular flexibility index (Phi) is 2.79. The molecule has 3 unspecified atom stereocenters. The van der Waals surface area contributed by atoms with Gasteiger partial charge in [-0.1, -0.05) is 6.92 Å². The molecule has 2 aliphatic rings. The van der Waals surface area contributed by atoms with Gasteiger partial charge in [0, 0.05) is 12.6 Å². The van der Waals surface area contributed by atoms with E-state index in [1.807, 2.05) is 0 Å². The molecule has 2 rings (SSSR count). The van der Waals surface area contributed by atoms with Crippen molar-refractivity contribution in [3.63, 3.8) is 0 Å². The number of nitrogens with zero attached hydrogens (tertiary/aromatic N) is 1. The summed E-state index contributed by atoms with van der Waals surface area (Å²) in [4.78, 5) is 2.07. The fourth-order valence-corrected chi connectivity index (χ4v) is 2.85. The minimum absolute atomic E-state index is 0.247. The van der Waals surface area contributed by atoms with Gasteiger partial charge in [-0.2, -0.15) is 0 Å². The molecule has 82 valence electrons. The third kappa shape index (κ3) is 1.46. The SMILES string of the molecule is CCC1CCC(O)[C@H]2C(O)[C@@H](O)CN12. The Bertz CT molecular complexity index is 212. The molecule has 0 saturated carbocycles. The minimum Gasteiger partial charge on any atom is -0.391 e. The lowest BCUT2D eigenvalue weighted by Crippen LogP contribution is -2.53. The van der Waals surface area contributed by atoms with Gasteiger partial charge in [0.1, 0.15) is 0 Å². The molecular weight excluding hydrogens is 182 g/mol. The highest BCUT2D eigenvalue weighted by molar-refractivity contribution is 5.02. The van der Waals surface area contributed by atoms with E-state index in [-0.39, 0.29) is 6.04 Å². The van der Waals surface area contributed by atoms with Crippen LogP contribution in [-0.4, -0.2) is 57.2 Å². The van der Waals surface area contributed by atoms with Crippen LogP contribution in [0.3, 0.4) is 0 Å². The van der Waals surface area contributed by atoms with Crippen molar-refractivity contribution in [3.8, 4) is 0 Å². The predicted octanol–water partition coefficient (Wildman–Crippen LogP) is -0.674. The zero-order valence-electron chi connectivity index (χ0n) is 8.50. The summed E-state index contributed by atoms with van der Waals surface area (Å²) in [6.45, 7) is 2.61. The summed E-state index contributed by atoms with van der Waals surface area (Å²) in [6, 6.07) is 0.166. The van der Waals surface area contributed by atoms with Gasteiger partial charge in [0.15, 0.2) is 0 Å². The Labute approximate surface area is 84.2 Å². The molecule has 0 aromatic rings. The van der Waals surface area contributed by atoms with E-state index in [9.17, 15) is 15.3 Å². The Hall–Kier alpha value is -0.160. The molecule has 0 bridgehead atoms. The summed E-state index contributed by atoms with van der Waals surface area (Å²) >= 11 is 0. The van der Waals surface area contributed by atoms with E-state index in [0.29, 0.717) is 12.6 Å². The van der Waals surface area contributed by atoms with Gasteiger partial charge < -0.3 is 15.3 Å². The molecule has 0 aromatic heterocycles. The number of piperidine rings is 1. The molecule has 4 nitrogen and oxygen atoms in total. The summed E-state index contributed by atoms with van der Waals surface area (Å²) in [5.41, 5.74) is 0. The van der Waals surface area contributed by atoms with Crippen molar-refractivity contribution in [2.24, 2.45) is 0 Å². The first-order chi connectivity index (χ1) is 6.65. The summed E-state index contributed by atoms with van der Waals surface area (Å²) < 4.78 is 0. The van der Waals surface area contributed by atoms with Gasteiger partial charge in [-0.3, -0.25) is 4.90 Å². The Morgan fingerprint density at radius 2 is 1.86 bits per heavy atom. The summed E-state index contributed by atoms with van der Waals surface area (Å²) in [5.74, 6) is 0. The van der Waals surface area contributed by atoms with E-state index in [1.54, 1.807) is 0 Å². The monoisotopic (exact) mass is 201 g/mol. The van der Waals surface area contributed by atoms with Gasteiger partial charge in [-0.05, 0) is 19.3 Å². The average molecular weight is 201 g/mol. The molecule has 0 radical (unpaired) electrons. The van der Waals surface area contributed by atoms with Crippen molar-refractivity contribution in [2.45, 2.75) is 56.6 Å². The van der Waals surface area contributed by atoms with Gasteiger partial charge in [-0.15, -0.1) is 0 Å². The van der Waals surface area contributed by atoms with Gasteiger partial charge >= 0.3 is 0 Å². The van der Waals surface area contributed by atoms with E-state index in [4.69, 9.17) is 0 Å². The largest absolute Gasteiger partial charge is 0.391 e. The van der Waals surface area contributed by atoms with Crippen LogP contribution in [0.2, 0.25) is 0 Å². The molecule has 4 heteroatoms. The predicted molar refractivity (Wildman–Crippen MR) is 51.8 cm³/mol. The lowest BCUT2D eigenvalue weighted by atomic mass is 9.91. The topological polar surface area (TPSA) is 63.9 Å². The van der Waals surface area contributed by atoms with Crippen molar-refractivity contribution < 1.29 is 15.3 Å². The van der Waals surface area contributed by atoms with E-state index in [1.165, 1.54) is 0 Å². The second-order valence-electron chi connectivity index (χ2n) is 4.45. The summed E-state index contributed by atoms with van der Waals surface area (Å²) in [6.07, 6.45) is 0.769. The van der Waals surface area contributed by atoms with Gasteiger partial charge in [0.2, 0.25) is 0 Å². The summed E-state index contributed by atoms with van der Waals surface area (Å²) in [5, 5.41) is 29.0. The van der Waals surface area contributed by atoms with Gasteiger partial charge in [0.05, 0.1) is 24.4 Å². The molecule has 2 aliphatic heterocycles. The maximum atomic E-state index is 9.77. The highest BCUT2D eigenvalue weighted by Crippen LogP contribution is 2.32. The van der Waals surface area contributed by atoms with Crippen molar-refractivity contribution in [2.75, 3.05) is 6.54 Å². The summed E-state index contributed by atoms with van der Waals surface area (Å²) in [7, 11) is 0. The second-order valence-corrected chi connectivity index (χ2v) is 4.45. The number of fused-ring (bicyclic) bond motifs is 1. The molecule has 14 heavy (non-hydrogen) atoms. The smallest absolute Gasteiger partial charge is 0.0991 e. The molecule has 0 aromatic carbocycles. The third-order valence-corrected chi connectivity index (χ3v) is 3.66. The fourth-order valence-electron chi connectivity index (χ4n) is 2.85. The zero-order chi connectivity index (χ0) is 10.3. The molecule has 2 heterocycles. The maximum absolute atomic E-state index is 9.77. The number of hydrogen-bond acceptors (Lipinski definition) is 4. The second kappa shape index (κ2) is 3.77. The van der Waals surface area contributed by atoms with E-state index in [2.05, 4.69) is 11.8 Å². The normalized spacial score (nSPS) is 49.3. The van der Waals surface area contributed by atoms with Crippen LogP contribution in [0.15, 0.2) is 0 Å². The number of hydrogen-bond donors (Lipinski definition) is 3. The van der Waals surface area contributed by atoms with Crippen LogP contribution in [0, 0.1) is 0 Å². The van der Waals surface area contributed by atoms with Crippen molar-refractivity contribution in [1.29, 1.82) is 0 Å².